The predicted molar refractivity (Wildman–Crippen MR) is 235 cm³/mol. The molecule has 0 amide bonds. The van der Waals surface area contributed by atoms with Crippen LogP contribution in [-0.2, 0) is 10.8 Å². The number of benzene rings is 6. The van der Waals surface area contributed by atoms with Crippen molar-refractivity contribution in [3.8, 4) is 22.3 Å². The minimum absolute atomic E-state index is 0.0153. The second-order valence-corrected chi connectivity index (χ2v) is 17.6. The lowest BCUT2D eigenvalue weighted by Crippen LogP contribution is -2.36. The van der Waals surface area contributed by atoms with E-state index >= 15 is 0 Å². The molecule has 4 unspecified atom stereocenters. The van der Waals surface area contributed by atoms with Gasteiger partial charge in [0, 0.05) is 28.4 Å². The molecule has 1 nitrogen and oxygen atoms in total. The second-order valence-electron chi connectivity index (χ2n) is 17.6. The summed E-state index contributed by atoms with van der Waals surface area (Å²) in [5.41, 5.74) is 21.0. The molecule has 0 fully saturated rings. The van der Waals surface area contributed by atoms with Gasteiger partial charge >= 0.3 is 0 Å². The van der Waals surface area contributed by atoms with Crippen LogP contribution in [0.3, 0.4) is 0 Å². The van der Waals surface area contributed by atoms with Crippen molar-refractivity contribution in [3.63, 3.8) is 0 Å². The molecule has 0 N–H and O–H groups in total. The fraction of sp³-hybridized carbons (Fsp3) is 0.200. The van der Waals surface area contributed by atoms with Gasteiger partial charge in [-0.3, -0.25) is 0 Å². The van der Waals surface area contributed by atoms with Crippen LogP contribution >= 0.6 is 0 Å². The van der Waals surface area contributed by atoms with E-state index in [1.165, 1.54) is 78.1 Å². The zero-order chi connectivity index (χ0) is 38.0. The number of rotatable bonds is 4. The van der Waals surface area contributed by atoms with Gasteiger partial charge < -0.3 is 4.90 Å². The molecule has 0 radical (unpaired) electrons. The van der Waals surface area contributed by atoms with Crippen LogP contribution in [0.5, 0.6) is 0 Å². The van der Waals surface area contributed by atoms with Crippen molar-refractivity contribution in [3.05, 3.63) is 214 Å². The maximum Gasteiger partial charge on any atom is 0.0691 e. The normalized spacial score (nSPS) is 24.1. The summed E-state index contributed by atoms with van der Waals surface area (Å²) >= 11 is 0. The first-order valence-electron chi connectivity index (χ1n) is 20.4. The van der Waals surface area contributed by atoms with E-state index in [0.29, 0.717) is 11.8 Å². The molecule has 0 bridgehead atoms. The predicted octanol–water partition coefficient (Wildman–Crippen LogP) is 14.3. The third-order valence-electron chi connectivity index (χ3n) is 14.5. The number of anilines is 3. The lowest BCUT2D eigenvalue weighted by Gasteiger charge is -2.41. The Bertz CT molecular complexity index is 2730. The average molecular weight is 722 g/mol. The number of hydrogen-bond acceptors (Lipinski definition) is 1. The third-order valence-corrected chi connectivity index (χ3v) is 14.5. The van der Waals surface area contributed by atoms with Crippen LogP contribution in [0.15, 0.2) is 175 Å². The molecule has 0 saturated heterocycles. The Hall–Kier alpha value is -5.92. The summed E-state index contributed by atoms with van der Waals surface area (Å²) in [6, 6.07) is 51.1. The first-order valence-corrected chi connectivity index (χ1v) is 20.4. The summed E-state index contributed by atoms with van der Waals surface area (Å²) < 4.78 is 0. The van der Waals surface area contributed by atoms with Gasteiger partial charge in [-0.2, -0.15) is 0 Å². The number of hydrogen-bond donors (Lipinski definition) is 0. The van der Waals surface area contributed by atoms with Gasteiger partial charge in [0.2, 0.25) is 0 Å². The molecule has 0 aromatic heterocycles. The Kier molecular flexibility index (Phi) is 7.04. The van der Waals surface area contributed by atoms with Crippen molar-refractivity contribution in [2.24, 2.45) is 11.3 Å². The maximum atomic E-state index is 2.55. The first-order chi connectivity index (χ1) is 27.2. The molecule has 5 aliphatic carbocycles. The van der Waals surface area contributed by atoms with Gasteiger partial charge in [-0.1, -0.05) is 167 Å². The molecule has 272 valence electrons. The molecule has 5 aliphatic rings. The Morgan fingerprint density at radius 3 is 1.95 bits per heavy atom. The highest BCUT2D eigenvalue weighted by molar-refractivity contribution is 5.98. The maximum absolute atomic E-state index is 2.55. The summed E-state index contributed by atoms with van der Waals surface area (Å²) in [5, 5.41) is 0. The van der Waals surface area contributed by atoms with Crippen LogP contribution in [0.1, 0.15) is 79.0 Å². The fourth-order valence-corrected chi connectivity index (χ4v) is 11.4. The van der Waals surface area contributed by atoms with Crippen molar-refractivity contribution < 1.29 is 0 Å². The molecule has 6 aromatic rings. The van der Waals surface area contributed by atoms with Crippen LogP contribution < -0.4 is 4.90 Å². The highest BCUT2D eigenvalue weighted by atomic mass is 15.1. The van der Waals surface area contributed by atoms with Gasteiger partial charge in [-0.25, -0.2) is 0 Å². The minimum atomic E-state index is -0.345. The van der Waals surface area contributed by atoms with E-state index in [1.807, 2.05) is 0 Å². The van der Waals surface area contributed by atoms with Crippen LogP contribution in [0.25, 0.3) is 27.8 Å². The molecule has 6 aromatic carbocycles. The molecular weight excluding hydrogens is 675 g/mol. The van der Waals surface area contributed by atoms with E-state index in [2.05, 4.69) is 209 Å². The summed E-state index contributed by atoms with van der Waals surface area (Å²) in [4.78, 5) is 2.52. The van der Waals surface area contributed by atoms with Crippen LogP contribution in [0.2, 0.25) is 0 Å². The quantitative estimate of drug-likeness (QED) is 0.175. The largest absolute Gasteiger partial charge is 0.310 e. The Morgan fingerprint density at radius 1 is 0.589 bits per heavy atom. The number of nitrogens with zero attached hydrogens (tertiary/aromatic N) is 1. The molecule has 11 rings (SSSR count). The van der Waals surface area contributed by atoms with Crippen molar-refractivity contribution in [1.82, 2.24) is 0 Å². The first kappa shape index (κ1) is 33.4. The van der Waals surface area contributed by atoms with Crippen LogP contribution in [-0.4, -0.2) is 0 Å². The highest BCUT2D eigenvalue weighted by Gasteiger charge is 2.55. The van der Waals surface area contributed by atoms with Crippen LogP contribution in [0, 0.1) is 18.3 Å². The van der Waals surface area contributed by atoms with E-state index in [0.717, 1.165) is 12.1 Å². The lowest BCUT2D eigenvalue weighted by molar-refractivity contribution is 0.245. The van der Waals surface area contributed by atoms with E-state index in [4.69, 9.17) is 0 Å². The van der Waals surface area contributed by atoms with Gasteiger partial charge in [0.25, 0.3) is 0 Å². The van der Waals surface area contributed by atoms with E-state index < -0.39 is 0 Å². The van der Waals surface area contributed by atoms with Crippen molar-refractivity contribution in [1.29, 1.82) is 0 Å². The highest BCUT2D eigenvalue weighted by Crippen LogP contribution is 2.66. The third kappa shape index (κ3) is 4.32. The molecular formula is C55H47N. The molecule has 1 spiro atoms. The summed E-state index contributed by atoms with van der Waals surface area (Å²) in [6.45, 7) is 11.9. The Morgan fingerprint density at radius 2 is 1.20 bits per heavy atom. The van der Waals surface area contributed by atoms with Gasteiger partial charge in [0.1, 0.15) is 0 Å². The Balaban J connectivity index is 1.14. The van der Waals surface area contributed by atoms with E-state index in [-0.39, 0.29) is 16.2 Å². The standard InChI is InChI=1S/C55H47N/c1-35-20-22-37(23-21-35)38-24-26-39(27-25-38)56(40-29-31-46-47-17-10-11-32-54(47,5)53(3,4)50(46)33-40)41-28-30-44-42-14-6-8-18-48(42)55(51(44)34-41)49-19-9-7-15-43(49)45-16-12-13-36(2)52(45)55/h6-12,14-34,36,47H,13H2,1-5H3. The minimum Gasteiger partial charge on any atom is -0.310 e. The monoisotopic (exact) mass is 721 g/mol. The molecule has 0 heterocycles. The lowest BCUT2D eigenvalue weighted by atomic mass is 9.62. The molecule has 56 heavy (non-hydrogen) atoms. The summed E-state index contributed by atoms with van der Waals surface area (Å²) in [7, 11) is 0. The number of allylic oxidation sites excluding steroid dienone is 8. The van der Waals surface area contributed by atoms with Crippen molar-refractivity contribution in [2.45, 2.75) is 57.8 Å². The van der Waals surface area contributed by atoms with Gasteiger partial charge in [0.15, 0.2) is 0 Å². The summed E-state index contributed by atoms with van der Waals surface area (Å²) in [5.74, 6) is 0.783. The fourth-order valence-electron chi connectivity index (χ4n) is 11.4. The van der Waals surface area contributed by atoms with Crippen LogP contribution in [0.4, 0.5) is 17.1 Å². The molecule has 0 aliphatic heterocycles. The number of fused-ring (bicyclic) bond motifs is 12. The molecule has 1 heteroatoms. The molecule has 0 saturated carbocycles. The second kappa shape index (κ2) is 11.8. The van der Waals surface area contributed by atoms with E-state index in [9.17, 15) is 0 Å². The van der Waals surface area contributed by atoms with Gasteiger partial charge in [-0.15, -0.1) is 0 Å². The zero-order valence-corrected chi connectivity index (χ0v) is 33.0. The Labute approximate surface area is 332 Å². The summed E-state index contributed by atoms with van der Waals surface area (Å²) in [6.07, 6.45) is 15.2. The number of aryl methyl sites for hydroxylation is 1. The zero-order valence-electron chi connectivity index (χ0n) is 33.0. The van der Waals surface area contributed by atoms with Crippen molar-refractivity contribution >= 4 is 22.6 Å². The van der Waals surface area contributed by atoms with Crippen molar-refractivity contribution in [2.75, 3.05) is 4.90 Å². The van der Waals surface area contributed by atoms with Gasteiger partial charge in [0.05, 0.1) is 5.41 Å². The smallest absolute Gasteiger partial charge is 0.0691 e. The van der Waals surface area contributed by atoms with Gasteiger partial charge in [-0.05, 0) is 128 Å². The SMILES string of the molecule is Cc1ccc(-c2ccc(N(c3ccc4c(c3)C3(C5=C(C=CCC5C)c5ccccc53)c3ccccc3-4)c3ccc4c(c3)C(C)(C)C3(C)C=CC=CC43)cc2)cc1. The average Bonchev–Trinajstić information content (AvgIpc) is 3.76. The van der Waals surface area contributed by atoms with E-state index in [1.54, 1.807) is 5.57 Å². The molecule has 4 atom stereocenters. The topological polar surface area (TPSA) is 3.24 Å².